The van der Waals surface area contributed by atoms with Gasteiger partial charge in [-0.25, -0.2) is 0 Å². The van der Waals surface area contributed by atoms with Gasteiger partial charge in [-0.05, 0) is 103 Å². The molecule has 0 N–H and O–H groups in total. The van der Waals surface area contributed by atoms with Crippen LogP contribution in [0, 0.1) is 0 Å². The van der Waals surface area contributed by atoms with Gasteiger partial charge in [-0.3, -0.25) is 0 Å². The fourth-order valence-electron chi connectivity index (χ4n) is 11.0. The summed E-state index contributed by atoms with van der Waals surface area (Å²) in [5.41, 5.74) is 0. The van der Waals surface area contributed by atoms with E-state index in [1.165, 1.54) is 321 Å². The van der Waals surface area contributed by atoms with Gasteiger partial charge in [0.15, 0.2) is 25.2 Å². The Morgan fingerprint density at radius 2 is 0.432 bits per heavy atom. The topological polar surface area (TPSA) is 64.6 Å². The molecule has 0 radical (unpaired) electrons. The van der Waals surface area contributed by atoms with Crippen LogP contribution in [0.5, 0.6) is 0 Å². The number of hydrogen-bond donors (Lipinski definition) is 0. The summed E-state index contributed by atoms with van der Waals surface area (Å²) >= 11 is 0. The summed E-state index contributed by atoms with van der Waals surface area (Å²) in [5.74, 6) is 0. The minimum atomic E-state index is -0.383. The van der Waals surface area contributed by atoms with Gasteiger partial charge in [0.1, 0.15) is 0 Å². The molecule has 0 bridgehead atoms. The Bertz CT molecular complexity index is 1050. The van der Waals surface area contributed by atoms with E-state index in [-0.39, 0.29) is 25.2 Å². The molecule has 0 spiro atoms. The first-order chi connectivity index (χ1) is 40.1. The van der Waals surface area contributed by atoms with E-state index in [0.29, 0.717) is 13.2 Å². The van der Waals surface area contributed by atoms with Crippen molar-refractivity contribution in [1.82, 2.24) is 0 Å². The number of hydrogen-bond acceptors (Lipinski definition) is 7. The third kappa shape index (κ3) is 65.0. The Balaban J connectivity index is 4.27. The molecule has 0 aromatic carbocycles. The van der Waals surface area contributed by atoms with Crippen LogP contribution >= 0.6 is 0 Å². The summed E-state index contributed by atoms with van der Waals surface area (Å²) in [6.07, 6.45) is 78.4. The summed E-state index contributed by atoms with van der Waals surface area (Å²) in [6, 6.07) is 0. The molecular formula is C74H146O7. The second-order valence-electron chi connectivity index (χ2n) is 24.4. The van der Waals surface area contributed by atoms with Gasteiger partial charge in [0.25, 0.3) is 0 Å². The number of rotatable bonds is 72. The molecule has 484 valence electrons. The van der Waals surface area contributed by atoms with Crippen LogP contribution in [0.25, 0.3) is 0 Å². The smallest absolute Gasteiger partial charge is 0.180 e. The zero-order valence-corrected chi connectivity index (χ0v) is 55.9. The lowest BCUT2D eigenvalue weighted by Crippen LogP contribution is -2.24. The molecular weight excluding hydrogens is 1000 g/mol. The van der Waals surface area contributed by atoms with Gasteiger partial charge in [0.2, 0.25) is 0 Å². The first-order valence-corrected chi connectivity index (χ1v) is 36.8. The maximum atomic E-state index is 6.33. The predicted octanol–water partition coefficient (Wildman–Crippen LogP) is 24.7. The second-order valence-corrected chi connectivity index (χ2v) is 24.4. The van der Waals surface area contributed by atoms with Crippen LogP contribution < -0.4 is 0 Å². The van der Waals surface area contributed by atoms with Crippen molar-refractivity contribution in [3.63, 3.8) is 0 Å². The zero-order valence-electron chi connectivity index (χ0n) is 55.9. The second kappa shape index (κ2) is 71.7. The minimum Gasteiger partial charge on any atom is -0.353 e. The van der Waals surface area contributed by atoms with Gasteiger partial charge in [0.05, 0.1) is 0 Å². The van der Waals surface area contributed by atoms with Gasteiger partial charge in [0, 0.05) is 39.6 Å². The van der Waals surface area contributed by atoms with Crippen molar-refractivity contribution < 1.29 is 33.2 Å². The Kier molecular flexibility index (Phi) is 71.0. The lowest BCUT2D eigenvalue weighted by Gasteiger charge is -2.20. The Morgan fingerprint density at radius 3 is 0.667 bits per heavy atom. The molecule has 0 aliphatic carbocycles. The molecule has 0 amide bonds. The average molecular weight is 1150 g/mol. The van der Waals surface area contributed by atoms with Crippen molar-refractivity contribution in [2.75, 3.05) is 39.6 Å². The van der Waals surface area contributed by atoms with Gasteiger partial charge in [-0.1, -0.05) is 310 Å². The van der Waals surface area contributed by atoms with Crippen molar-refractivity contribution in [1.29, 1.82) is 0 Å². The van der Waals surface area contributed by atoms with Crippen LogP contribution in [0.2, 0.25) is 0 Å². The summed E-state index contributed by atoms with van der Waals surface area (Å²) in [4.78, 5) is 0. The van der Waals surface area contributed by atoms with Crippen LogP contribution in [0.15, 0.2) is 24.3 Å². The summed E-state index contributed by atoms with van der Waals surface area (Å²) in [5, 5.41) is 0. The molecule has 2 unspecified atom stereocenters. The highest BCUT2D eigenvalue weighted by atomic mass is 16.8. The van der Waals surface area contributed by atoms with E-state index in [9.17, 15) is 0 Å². The van der Waals surface area contributed by atoms with Gasteiger partial charge in [-0.2, -0.15) is 0 Å². The molecule has 0 aliphatic heterocycles. The van der Waals surface area contributed by atoms with Crippen molar-refractivity contribution in [2.45, 2.75) is 413 Å². The molecule has 0 aliphatic rings. The SMILES string of the molecule is CCCCCCCCCCOC(CCCCCCCCCCCC=CC(OCC)OC(C=CCCCCCCCCCCCC(OCCCCCCCCCC)OCCCCCCCCCC)OCC)OCCCCCCCCCC. The Morgan fingerprint density at radius 1 is 0.222 bits per heavy atom. The number of unbranched alkanes of at least 4 members (excludes halogenated alkanes) is 46. The highest BCUT2D eigenvalue weighted by Crippen LogP contribution is 2.20. The number of ether oxygens (including phenoxy) is 7. The van der Waals surface area contributed by atoms with Gasteiger partial charge in [-0.15, -0.1) is 0 Å². The van der Waals surface area contributed by atoms with Gasteiger partial charge >= 0.3 is 0 Å². The molecule has 0 fully saturated rings. The van der Waals surface area contributed by atoms with Crippen LogP contribution in [-0.2, 0) is 33.2 Å². The summed E-state index contributed by atoms with van der Waals surface area (Å²) in [7, 11) is 0. The predicted molar refractivity (Wildman–Crippen MR) is 354 cm³/mol. The van der Waals surface area contributed by atoms with E-state index in [1.54, 1.807) is 0 Å². The van der Waals surface area contributed by atoms with Crippen LogP contribution in [0.1, 0.15) is 388 Å². The Hall–Kier alpha value is -0.800. The first-order valence-electron chi connectivity index (χ1n) is 36.8. The van der Waals surface area contributed by atoms with Crippen molar-refractivity contribution in [2.24, 2.45) is 0 Å². The molecule has 0 aromatic rings. The monoisotopic (exact) mass is 1150 g/mol. The van der Waals surface area contributed by atoms with Crippen LogP contribution in [-0.4, -0.2) is 64.8 Å². The number of allylic oxidation sites excluding steroid dienone is 2. The zero-order chi connectivity index (χ0) is 58.5. The standard InChI is InChI=1S/C74H146O7/c1-7-13-17-21-25-43-51-59-67-77-71(78-68-60-52-44-26-22-18-14-8-2)63-55-47-39-35-31-29-33-37-41-49-57-65-73(75-11-5)81-74(76-12-6)66-58-50-42-38-34-30-32-36-40-48-56-64-72(79-69-61-53-45-27-23-19-15-9-3)80-70-62-54-46-28-24-20-16-10-4/h57-58,65-66,71-74H,7-56,59-64,67-70H2,1-6H3. The molecule has 0 rings (SSSR count). The Labute approximate surface area is 508 Å². The van der Waals surface area contributed by atoms with Crippen LogP contribution in [0.4, 0.5) is 0 Å². The lowest BCUT2D eigenvalue weighted by atomic mass is 10.1. The highest BCUT2D eigenvalue weighted by molar-refractivity contribution is 4.89. The van der Waals surface area contributed by atoms with Crippen molar-refractivity contribution in [3.05, 3.63) is 24.3 Å². The fourth-order valence-corrected chi connectivity index (χ4v) is 11.0. The van der Waals surface area contributed by atoms with Gasteiger partial charge < -0.3 is 33.2 Å². The molecule has 7 nitrogen and oxygen atoms in total. The summed E-state index contributed by atoms with van der Waals surface area (Å²) in [6.45, 7) is 17.9. The van der Waals surface area contributed by atoms with E-state index < -0.39 is 0 Å². The summed E-state index contributed by atoms with van der Waals surface area (Å²) < 4.78 is 43.5. The first kappa shape index (κ1) is 80.2. The molecule has 0 saturated carbocycles. The third-order valence-corrected chi connectivity index (χ3v) is 16.3. The molecule has 7 heteroatoms. The lowest BCUT2D eigenvalue weighted by molar-refractivity contribution is -0.204. The third-order valence-electron chi connectivity index (χ3n) is 16.3. The average Bonchev–Trinajstić information content (AvgIpc) is 3.47. The molecule has 81 heavy (non-hydrogen) atoms. The van der Waals surface area contributed by atoms with E-state index >= 15 is 0 Å². The van der Waals surface area contributed by atoms with Crippen LogP contribution in [0.3, 0.4) is 0 Å². The highest BCUT2D eigenvalue weighted by Gasteiger charge is 2.14. The van der Waals surface area contributed by atoms with E-state index in [2.05, 4.69) is 52.0 Å². The maximum absolute atomic E-state index is 6.33. The minimum absolute atomic E-state index is 0.00602. The molecule has 2 atom stereocenters. The van der Waals surface area contributed by atoms with Crippen molar-refractivity contribution >= 4 is 0 Å². The van der Waals surface area contributed by atoms with E-state index in [0.717, 1.165) is 52.1 Å². The van der Waals surface area contributed by atoms with E-state index in [1.807, 2.05) is 13.8 Å². The fraction of sp³-hybridized carbons (Fsp3) is 0.946. The van der Waals surface area contributed by atoms with Crippen molar-refractivity contribution in [3.8, 4) is 0 Å². The maximum Gasteiger partial charge on any atom is 0.180 e. The molecule has 0 heterocycles. The normalized spacial score (nSPS) is 12.9. The quantitative estimate of drug-likeness (QED) is 0.0342. The largest absolute Gasteiger partial charge is 0.353 e. The molecule has 0 saturated heterocycles. The van der Waals surface area contributed by atoms with E-state index in [4.69, 9.17) is 33.2 Å². The molecule has 0 aromatic heterocycles.